The van der Waals surface area contributed by atoms with Crippen molar-refractivity contribution in [2.75, 3.05) is 18.0 Å². The minimum absolute atomic E-state index is 0.136. The highest BCUT2D eigenvalue weighted by atomic mass is 32.1. The SMILES string of the molecule is OCc1sc(N2CCc3ccccc3CC2)nc1C1CC1. The van der Waals surface area contributed by atoms with Gasteiger partial charge in [0.2, 0.25) is 0 Å². The first-order valence-electron chi connectivity index (χ1n) is 7.77. The molecule has 0 radical (unpaired) electrons. The van der Waals surface area contributed by atoms with Crippen LogP contribution >= 0.6 is 11.3 Å². The van der Waals surface area contributed by atoms with Crippen molar-refractivity contribution in [2.45, 2.75) is 38.2 Å². The fraction of sp³-hybridized carbons (Fsp3) is 0.471. The Kier molecular flexibility index (Phi) is 3.43. The molecule has 2 aromatic rings. The minimum Gasteiger partial charge on any atom is -0.391 e. The van der Waals surface area contributed by atoms with Gasteiger partial charge in [-0.3, -0.25) is 0 Å². The molecule has 0 unspecified atom stereocenters. The van der Waals surface area contributed by atoms with E-state index in [4.69, 9.17) is 4.98 Å². The first-order chi connectivity index (χ1) is 10.3. The zero-order chi connectivity index (χ0) is 14.2. The molecule has 1 N–H and O–H groups in total. The van der Waals surface area contributed by atoms with Crippen LogP contribution in [0.1, 0.15) is 40.5 Å². The Morgan fingerprint density at radius 2 is 1.81 bits per heavy atom. The third-order valence-electron chi connectivity index (χ3n) is 4.51. The van der Waals surface area contributed by atoms with E-state index in [1.54, 1.807) is 11.3 Å². The summed E-state index contributed by atoms with van der Waals surface area (Å²) in [6.45, 7) is 2.19. The Labute approximate surface area is 129 Å². The van der Waals surface area contributed by atoms with E-state index in [1.807, 2.05) is 0 Å². The lowest BCUT2D eigenvalue weighted by Crippen LogP contribution is -2.25. The summed E-state index contributed by atoms with van der Waals surface area (Å²) in [6, 6.07) is 8.75. The van der Waals surface area contributed by atoms with E-state index in [9.17, 15) is 5.11 Å². The number of anilines is 1. The van der Waals surface area contributed by atoms with E-state index < -0.39 is 0 Å². The number of aromatic nitrogens is 1. The van der Waals surface area contributed by atoms with Crippen LogP contribution in [0.25, 0.3) is 0 Å². The Bertz CT molecular complexity index is 621. The molecule has 2 heterocycles. The second-order valence-corrected chi connectivity index (χ2v) is 7.06. The maximum Gasteiger partial charge on any atom is 0.185 e. The summed E-state index contributed by atoms with van der Waals surface area (Å²) < 4.78 is 0. The number of nitrogens with zero attached hydrogens (tertiary/aromatic N) is 2. The zero-order valence-corrected chi connectivity index (χ0v) is 12.9. The number of benzene rings is 1. The van der Waals surface area contributed by atoms with Gasteiger partial charge in [0, 0.05) is 19.0 Å². The van der Waals surface area contributed by atoms with Gasteiger partial charge in [0.25, 0.3) is 0 Å². The summed E-state index contributed by atoms with van der Waals surface area (Å²) in [6.07, 6.45) is 4.65. The lowest BCUT2D eigenvalue weighted by molar-refractivity contribution is 0.284. The van der Waals surface area contributed by atoms with Gasteiger partial charge in [-0.25, -0.2) is 4.98 Å². The van der Waals surface area contributed by atoms with Gasteiger partial charge in [0.1, 0.15) is 0 Å². The van der Waals surface area contributed by atoms with Crippen molar-refractivity contribution in [1.82, 2.24) is 4.98 Å². The maximum atomic E-state index is 9.56. The maximum absolute atomic E-state index is 9.56. The quantitative estimate of drug-likeness (QED) is 0.946. The number of thiazole rings is 1. The van der Waals surface area contributed by atoms with Crippen molar-refractivity contribution in [1.29, 1.82) is 0 Å². The molecule has 1 aromatic heterocycles. The third-order valence-corrected chi connectivity index (χ3v) is 5.63. The van der Waals surface area contributed by atoms with Crippen LogP contribution in [-0.2, 0) is 19.4 Å². The van der Waals surface area contributed by atoms with Crippen molar-refractivity contribution in [3.05, 3.63) is 46.0 Å². The van der Waals surface area contributed by atoms with E-state index in [1.165, 1.54) is 29.7 Å². The molecule has 1 aromatic carbocycles. The van der Waals surface area contributed by atoms with Crippen LogP contribution in [-0.4, -0.2) is 23.2 Å². The molecule has 0 amide bonds. The van der Waals surface area contributed by atoms with E-state index >= 15 is 0 Å². The largest absolute Gasteiger partial charge is 0.391 e. The Morgan fingerprint density at radius 1 is 1.14 bits per heavy atom. The van der Waals surface area contributed by atoms with Crippen LogP contribution in [0.15, 0.2) is 24.3 Å². The van der Waals surface area contributed by atoms with Gasteiger partial charge in [-0.15, -0.1) is 0 Å². The second kappa shape index (κ2) is 5.43. The summed E-state index contributed by atoms with van der Waals surface area (Å²) in [7, 11) is 0. The summed E-state index contributed by atoms with van der Waals surface area (Å²) in [5.41, 5.74) is 4.11. The van der Waals surface area contributed by atoms with Crippen molar-refractivity contribution in [2.24, 2.45) is 0 Å². The number of rotatable bonds is 3. The molecule has 2 aliphatic rings. The van der Waals surface area contributed by atoms with Gasteiger partial charge in [-0.2, -0.15) is 0 Å². The summed E-state index contributed by atoms with van der Waals surface area (Å²) >= 11 is 1.69. The Balaban J connectivity index is 1.57. The lowest BCUT2D eigenvalue weighted by Gasteiger charge is -2.18. The fourth-order valence-electron chi connectivity index (χ4n) is 3.13. The highest BCUT2D eigenvalue weighted by Gasteiger charge is 2.30. The lowest BCUT2D eigenvalue weighted by atomic mass is 10.0. The van der Waals surface area contributed by atoms with Gasteiger partial charge in [0.15, 0.2) is 5.13 Å². The number of fused-ring (bicyclic) bond motifs is 1. The average Bonchev–Trinajstić information content (AvgIpc) is 3.31. The predicted molar refractivity (Wildman–Crippen MR) is 86.1 cm³/mol. The summed E-state index contributed by atoms with van der Waals surface area (Å²) in [5, 5.41) is 10.7. The highest BCUT2D eigenvalue weighted by Crippen LogP contribution is 2.44. The van der Waals surface area contributed by atoms with Crippen LogP contribution in [0.2, 0.25) is 0 Å². The van der Waals surface area contributed by atoms with Gasteiger partial charge in [-0.05, 0) is 36.8 Å². The molecule has 1 fully saturated rings. The molecule has 0 atom stereocenters. The first kappa shape index (κ1) is 13.3. The summed E-state index contributed by atoms with van der Waals surface area (Å²) in [4.78, 5) is 8.33. The van der Waals surface area contributed by atoms with E-state index in [0.29, 0.717) is 5.92 Å². The van der Waals surface area contributed by atoms with E-state index in [-0.39, 0.29) is 6.61 Å². The van der Waals surface area contributed by atoms with Gasteiger partial charge < -0.3 is 10.0 Å². The number of aliphatic hydroxyl groups excluding tert-OH is 1. The molecule has 110 valence electrons. The fourth-order valence-corrected chi connectivity index (χ4v) is 4.19. The number of hydrogen-bond acceptors (Lipinski definition) is 4. The van der Waals surface area contributed by atoms with Gasteiger partial charge in [0.05, 0.1) is 17.2 Å². The molecule has 1 saturated carbocycles. The van der Waals surface area contributed by atoms with Crippen molar-refractivity contribution >= 4 is 16.5 Å². The van der Waals surface area contributed by atoms with E-state index in [2.05, 4.69) is 29.2 Å². The molecular formula is C17H20N2OS. The van der Waals surface area contributed by atoms with Crippen molar-refractivity contribution < 1.29 is 5.11 Å². The Morgan fingerprint density at radius 3 is 2.38 bits per heavy atom. The second-order valence-electron chi connectivity index (χ2n) is 5.99. The number of hydrogen-bond donors (Lipinski definition) is 1. The molecule has 4 heteroatoms. The molecule has 21 heavy (non-hydrogen) atoms. The highest BCUT2D eigenvalue weighted by molar-refractivity contribution is 7.15. The van der Waals surface area contributed by atoms with E-state index in [0.717, 1.165) is 35.9 Å². The third kappa shape index (κ3) is 2.58. The smallest absolute Gasteiger partial charge is 0.185 e. The average molecular weight is 300 g/mol. The molecule has 0 bridgehead atoms. The van der Waals surface area contributed by atoms with Crippen LogP contribution in [0.5, 0.6) is 0 Å². The summed E-state index contributed by atoms with van der Waals surface area (Å²) in [5.74, 6) is 0.612. The molecule has 4 rings (SSSR count). The van der Waals surface area contributed by atoms with Crippen LogP contribution in [0.4, 0.5) is 5.13 Å². The standard InChI is InChI=1S/C17H20N2OS/c20-11-15-16(14-5-6-14)18-17(21-15)19-9-7-12-3-1-2-4-13(12)8-10-19/h1-4,14,20H,5-11H2. The molecule has 1 aliphatic carbocycles. The monoisotopic (exact) mass is 300 g/mol. The van der Waals surface area contributed by atoms with Gasteiger partial charge >= 0.3 is 0 Å². The van der Waals surface area contributed by atoms with Crippen molar-refractivity contribution in [3.63, 3.8) is 0 Å². The Hall–Kier alpha value is -1.39. The van der Waals surface area contributed by atoms with Crippen LogP contribution in [0.3, 0.4) is 0 Å². The van der Waals surface area contributed by atoms with Crippen LogP contribution < -0.4 is 4.90 Å². The molecular weight excluding hydrogens is 280 g/mol. The van der Waals surface area contributed by atoms with Crippen molar-refractivity contribution in [3.8, 4) is 0 Å². The molecule has 3 nitrogen and oxygen atoms in total. The molecule has 0 spiro atoms. The first-order valence-corrected chi connectivity index (χ1v) is 8.59. The van der Waals surface area contributed by atoms with Gasteiger partial charge in [-0.1, -0.05) is 35.6 Å². The normalized spacial score (nSPS) is 18.4. The molecule has 0 saturated heterocycles. The zero-order valence-electron chi connectivity index (χ0n) is 12.1. The minimum atomic E-state index is 0.136. The van der Waals surface area contributed by atoms with Crippen LogP contribution in [0, 0.1) is 0 Å². The topological polar surface area (TPSA) is 36.4 Å². The number of aliphatic hydroxyl groups is 1. The molecule has 1 aliphatic heterocycles. The predicted octanol–water partition coefficient (Wildman–Crippen LogP) is 3.12.